The molecule has 1 aromatic rings. The van der Waals surface area contributed by atoms with E-state index >= 15 is 0 Å². The summed E-state index contributed by atoms with van der Waals surface area (Å²) in [4.78, 5) is 11.6. The third-order valence-electron chi connectivity index (χ3n) is 1.96. The van der Waals surface area contributed by atoms with Gasteiger partial charge in [0.25, 0.3) is 5.91 Å². The topological polar surface area (TPSA) is 41.1 Å². The fourth-order valence-corrected chi connectivity index (χ4v) is 1.40. The Morgan fingerprint density at radius 1 is 1.33 bits per heavy atom. The molecule has 0 fully saturated rings. The molecule has 4 heteroatoms. The second-order valence-corrected chi connectivity index (χ2v) is 3.50. The number of nitrogens with one attached hydrogen (secondary N) is 2. The van der Waals surface area contributed by atoms with Crippen LogP contribution in [0.4, 0.5) is 0 Å². The van der Waals surface area contributed by atoms with Crippen molar-refractivity contribution in [1.82, 2.24) is 10.6 Å². The average molecular weight is 227 g/mol. The average Bonchev–Trinajstić information content (AvgIpc) is 2.25. The molecule has 1 aromatic carbocycles. The summed E-state index contributed by atoms with van der Waals surface area (Å²) < 4.78 is 0. The van der Waals surface area contributed by atoms with E-state index in [1.807, 2.05) is 6.92 Å². The van der Waals surface area contributed by atoms with E-state index in [1.165, 1.54) is 0 Å². The van der Waals surface area contributed by atoms with Crippen LogP contribution in [0, 0.1) is 0 Å². The van der Waals surface area contributed by atoms with E-state index in [4.69, 9.17) is 11.6 Å². The fourth-order valence-electron chi connectivity index (χ4n) is 1.18. The van der Waals surface area contributed by atoms with Crippen molar-refractivity contribution >= 4 is 17.5 Å². The SMILES string of the molecule is CCNCCNC(=O)c1ccccc1Cl. The van der Waals surface area contributed by atoms with Crippen molar-refractivity contribution in [2.75, 3.05) is 19.6 Å². The van der Waals surface area contributed by atoms with Crippen LogP contribution >= 0.6 is 11.6 Å². The Hall–Kier alpha value is -1.06. The van der Waals surface area contributed by atoms with Gasteiger partial charge in [0, 0.05) is 13.1 Å². The van der Waals surface area contributed by atoms with Crippen LogP contribution in [0.5, 0.6) is 0 Å². The zero-order valence-electron chi connectivity index (χ0n) is 8.72. The lowest BCUT2D eigenvalue weighted by atomic mass is 10.2. The minimum Gasteiger partial charge on any atom is -0.351 e. The molecule has 0 saturated carbocycles. The number of carbonyl (C=O) groups is 1. The lowest BCUT2D eigenvalue weighted by Crippen LogP contribution is -2.31. The summed E-state index contributed by atoms with van der Waals surface area (Å²) in [5, 5.41) is 6.40. The number of amides is 1. The van der Waals surface area contributed by atoms with Gasteiger partial charge in [-0.05, 0) is 18.7 Å². The van der Waals surface area contributed by atoms with Gasteiger partial charge in [0.2, 0.25) is 0 Å². The van der Waals surface area contributed by atoms with E-state index in [9.17, 15) is 4.79 Å². The Labute approximate surface area is 94.8 Å². The van der Waals surface area contributed by atoms with Gasteiger partial charge < -0.3 is 10.6 Å². The van der Waals surface area contributed by atoms with Gasteiger partial charge in [0.15, 0.2) is 0 Å². The second-order valence-electron chi connectivity index (χ2n) is 3.09. The zero-order chi connectivity index (χ0) is 11.1. The lowest BCUT2D eigenvalue weighted by Gasteiger charge is -2.06. The minimum atomic E-state index is -0.126. The highest BCUT2D eigenvalue weighted by molar-refractivity contribution is 6.33. The summed E-state index contributed by atoms with van der Waals surface area (Å²) in [5.41, 5.74) is 0.524. The summed E-state index contributed by atoms with van der Waals surface area (Å²) in [7, 11) is 0. The summed E-state index contributed by atoms with van der Waals surface area (Å²) in [5.74, 6) is -0.126. The smallest absolute Gasteiger partial charge is 0.252 e. The summed E-state index contributed by atoms with van der Waals surface area (Å²) >= 11 is 5.88. The first-order valence-electron chi connectivity index (χ1n) is 4.99. The van der Waals surface area contributed by atoms with Crippen molar-refractivity contribution in [3.05, 3.63) is 34.9 Å². The number of halogens is 1. The third-order valence-corrected chi connectivity index (χ3v) is 2.29. The first-order chi connectivity index (χ1) is 7.25. The molecule has 0 saturated heterocycles. The fraction of sp³-hybridized carbons (Fsp3) is 0.364. The molecule has 0 bridgehead atoms. The molecule has 0 spiro atoms. The van der Waals surface area contributed by atoms with Gasteiger partial charge in [0.1, 0.15) is 0 Å². The van der Waals surface area contributed by atoms with Gasteiger partial charge in [-0.3, -0.25) is 4.79 Å². The van der Waals surface area contributed by atoms with Crippen molar-refractivity contribution in [2.24, 2.45) is 0 Å². The highest BCUT2D eigenvalue weighted by atomic mass is 35.5. The number of benzene rings is 1. The predicted molar refractivity (Wildman–Crippen MR) is 62.3 cm³/mol. The highest BCUT2D eigenvalue weighted by Crippen LogP contribution is 2.14. The molecule has 1 amide bonds. The molecule has 15 heavy (non-hydrogen) atoms. The number of carbonyl (C=O) groups excluding carboxylic acids is 1. The predicted octanol–water partition coefficient (Wildman–Crippen LogP) is 1.68. The monoisotopic (exact) mass is 226 g/mol. The normalized spacial score (nSPS) is 10.0. The van der Waals surface area contributed by atoms with Crippen LogP contribution < -0.4 is 10.6 Å². The van der Waals surface area contributed by atoms with Crippen LogP contribution in [0.25, 0.3) is 0 Å². The molecule has 0 atom stereocenters. The van der Waals surface area contributed by atoms with E-state index in [0.717, 1.165) is 13.1 Å². The van der Waals surface area contributed by atoms with Crippen LogP contribution in [0.3, 0.4) is 0 Å². The zero-order valence-corrected chi connectivity index (χ0v) is 9.47. The van der Waals surface area contributed by atoms with Gasteiger partial charge >= 0.3 is 0 Å². The van der Waals surface area contributed by atoms with Crippen molar-refractivity contribution in [3.8, 4) is 0 Å². The van der Waals surface area contributed by atoms with Crippen molar-refractivity contribution in [2.45, 2.75) is 6.92 Å². The second kappa shape index (κ2) is 6.43. The van der Waals surface area contributed by atoms with E-state index in [0.29, 0.717) is 17.1 Å². The maximum absolute atomic E-state index is 11.6. The highest BCUT2D eigenvalue weighted by Gasteiger charge is 2.07. The molecule has 0 aliphatic rings. The molecule has 3 nitrogen and oxygen atoms in total. The van der Waals surface area contributed by atoms with Crippen LogP contribution in [0.2, 0.25) is 5.02 Å². The molecule has 0 radical (unpaired) electrons. The van der Waals surface area contributed by atoms with Gasteiger partial charge in [0.05, 0.1) is 10.6 Å². The van der Waals surface area contributed by atoms with E-state index < -0.39 is 0 Å². The maximum atomic E-state index is 11.6. The Balaban J connectivity index is 2.44. The maximum Gasteiger partial charge on any atom is 0.252 e. The van der Waals surface area contributed by atoms with Gasteiger partial charge in [-0.25, -0.2) is 0 Å². The minimum absolute atomic E-state index is 0.126. The molecule has 0 aromatic heterocycles. The standard InChI is InChI=1S/C11H15ClN2O/c1-2-13-7-8-14-11(15)9-5-3-4-6-10(9)12/h3-6,13H,2,7-8H2,1H3,(H,14,15). The van der Waals surface area contributed by atoms with E-state index in [2.05, 4.69) is 10.6 Å². The van der Waals surface area contributed by atoms with Crippen LogP contribution in [0.15, 0.2) is 24.3 Å². The Kier molecular flexibility index (Phi) is 5.15. The van der Waals surface area contributed by atoms with E-state index in [-0.39, 0.29) is 5.91 Å². The molecular weight excluding hydrogens is 212 g/mol. The molecule has 0 unspecified atom stereocenters. The molecule has 0 aliphatic carbocycles. The molecule has 1 rings (SSSR count). The number of likely N-dealkylation sites (N-methyl/N-ethyl adjacent to an activating group) is 1. The molecule has 2 N–H and O–H groups in total. The van der Waals surface area contributed by atoms with E-state index in [1.54, 1.807) is 24.3 Å². The van der Waals surface area contributed by atoms with Crippen molar-refractivity contribution < 1.29 is 4.79 Å². The quantitative estimate of drug-likeness (QED) is 0.751. The first-order valence-corrected chi connectivity index (χ1v) is 5.37. The summed E-state index contributed by atoms with van der Waals surface area (Å²) in [6, 6.07) is 7.02. The third kappa shape index (κ3) is 3.90. The van der Waals surface area contributed by atoms with Crippen LogP contribution in [-0.2, 0) is 0 Å². The molecule has 82 valence electrons. The van der Waals surface area contributed by atoms with Gasteiger partial charge in [-0.15, -0.1) is 0 Å². The van der Waals surface area contributed by atoms with Crippen molar-refractivity contribution in [3.63, 3.8) is 0 Å². The summed E-state index contributed by atoms with van der Waals surface area (Å²) in [6.45, 7) is 4.31. The molecule has 0 aliphatic heterocycles. The van der Waals surface area contributed by atoms with Crippen LogP contribution in [-0.4, -0.2) is 25.5 Å². The number of rotatable bonds is 5. The Bertz CT molecular complexity index is 328. The van der Waals surface area contributed by atoms with Gasteiger partial charge in [-0.2, -0.15) is 0 Å². The largest absolute Gasteiger partial charge is 0.351 e. The van der Waals surface area contributed by atoms with Crippen LogP contribution in [0.1, 0.15) is 17.3 Å². The number of hydrogen-bond donors (Lipinski definition) is 2. The van der Waals surface area contributed by atoms with Gasteiger partial charge in [-0.1, -0.05) is 30.7 Å². The first kappa shape index (κ1) is 12.0. The molecular formula is C11H15ClN2O. The number of hydrogen-bond acceptors (Lipinski definition) is 2. The Morgan fingerprint density at radius 3 is 2.73 bits per heavy atom. The Morgan fingerprint density at radius 2 is 2.07 bits per heavy atom. The summed E-state index contributed by atoms with van der Waals surface area (Å²) in [6.07, 6.45) is 0. The van der Waals surface area contributed by atoms with Crippen molar-refractivity contribution in [1.29, 1.82) is 0 Å². The molecule has 0 heterocycles. The lowest BCUT2D eigenvalue weighted by molar-refractivity contribution is 0.0954.